The number of carboxylic acid groups (broad SMARTS) is 1. The highest BCUT2D eigenvalue weighted by Gasteiger charge is 2.22. The molecule has 0 saturated carbocycles. The molecule has 0 unspecified atom stereocenters. The van der Waals surface area contributed by atoms with Gasteiger partial charge in [-0.2, -0.15) is 0 Å². The van der Waals surface area contributed by atoms with Crippen LogP contribution in [0, 0.1) is 0 Å². The van der Waals surface area contributed by atoms with Crippen molar-refractivity contribution in [1.82, 2.24) is 4.98 Å². The van der Waals surface area contributed by atoms with Crippen molar-refractivity contribution < 1.29 is 18.3 Å². The van der Waals surface area contributed by atoms with Crippen molar-refractivity contribution >= 4 is 33.2 Å². The second kappa shape index (κ2) is 7.20. The Balaban J connectivity index is 1.82. The first-order valence-electron chi connectivity index (χ1n) is 8.09. The van der Waals surface area contributed by atoms with Gasteiger partial charge in [-0.15, -0.1) is 0 Å². The number of carboxylic acids is 1. The molecule has 9 heteroatoms. The number of nitrogens with zero attached hydrogens (tertiary/aromatic N) is 3. The van der Waals surface area contributed by atoms with Crippen LogP contribution in [0.2, 0.25) is 0 Å². The average Bonchev–Trinajstić information content (AvgIpc) is 2.61. The molecule has 0 bridgehead atoms. The van der Waals surface area contributed by atoms with E-state index in [1.807, 2.05) is 23.1 Å². The van der Waals surface area contributed by atoms with Crippen LogP contribution < -0.4 is 14.5 Å². The number of aromatic nitrogens is 1. The SMILES string of the molecule is CS(=O)(=O)Nc1cc(C(=O)O)ccc1N1CCN(c2ccccn2)CC1. The molecule has 1 aliphatic heterocycles. The van der Waals surface area contributed by atoms with Crippen molar-refractivity contribution in [3.63, 3.8) is 0 Å². The lowest BCUT2D eigenvalue weighted by molar-refractivity contribution is 0.0697. The van der Waals surface area contributed by atoms with E-state index in [0.29, 0.717) is 18.8 Å². The molecule has 8 nitrogen and oxygen atoms in total. The van der Waals surface area contributed by atoms with Gasteiger partial charge in [-0.3, -0.25) is 4.72 Å². The number of benzene rings is 1. The first-order chi connectivity index (χ1) is 12.3. The maximum Gasteiger partial charge on any atom is 0.335 e. The fraction of sp³-hybridized carbons (Fsp3) is 0.294. The van der Waals surface area contributed by atoms with Crippen molar-refractivity contribution in [2.24, 2.45) is 0 Å². The van der Waals surface area contributed by atoms with E-state index in [4.69, 9.17) is 5.11 Å². The average molecular weight is 376 g/mol. The van der Waals surface area contributed by atoms with Crippen molar-refractivity contribution in [3.8, 4) is 0 Å². The van der Waals surface area contributed by atoms with Gasteiger partial charge in [0.05, 0.1) is 23.2 Å². The number of hydrogen-bond acceptors (Lipinski definition) is 6. The van der Waals surface area contributed by atoms with E-state index in [9.17, 15) is 13.2 Å². The largest absolute Gasteiger partial charge is 0.478 e. The summed E-state index contributed by atoms with van der Waals surface area (Å²) in [4.78, 5) is 19.7. The Labute approximate surface area is 152 Å². The molecule has 0 spiro atoms. The number of pyridine rings is 1. The summed E-state index contributed by atoms with van der Waals surface area (Å²) in [7, 11) is -3.52. The van der Waals surface area contributed by atoms with Gasteiger partial charge in [-0.1, -0.05) is 6.07 Å². The van der Waals surface area contributed by atoms with E-state index in [1.165, 1.54) is 12.1 Å². The second-order valence-electron chi connectivity index (χ2n) is 6.07. The lowest BCUT2D eigenvalue weighted by atomic mass is 10.1. The molecule has 26 heavy (non-hydrogen) atoms. The van der Waals surface area contributed by atoms with Crippen LogP contribution >= 0.6 is 0 Å². The number of piperazine rings is 1. The molecule has 0 atom stereocenters. The summed E-state index contributed by atoms with van der Waals surface area (Å²) < 4.78 is 25.7. The Bertz CT molecular complexity index is 894. The van der Waals surface area contributed by atoms with Gasteiger partial charge in [0.1, 0.15) is 5.82 Å². The molecule has 0 aliphatic carbocycles. The zero-order valence-electron chi connectivity index (χ0n) is 14.3. The van der Waals surface area contributed by atoms with Gasteiger partial charge in [0, 0.05) is 32.4 Å². The van der Waals surface area contributed by atoms with Crippen LogP contribution in [-0.2, 0) is 10.0 Å². The zero-order chi connectivity index (χ0) is 18.7. The van der Waals surface area contributed by atoms with E-state index in [0.717, 1.165) is 25.2 Å². The maximum absolute atomic E-state index is 11.7. The predicted octanol–water partition coefficient (Wildman–Crippen LogP) is 1.48. The Morgan fingerprint density at radius 1 is 1.12 bits per heavy atom. The summed E-state index contributed by atoms with van der Waals surface area (Å²) in [6.45, 7) is 2.80. The number of rotatable bonds is 5. The molecule has 1 aromatic heterocycles. The van der Waals surface area contributed by atoms with Crippen molar-refractivity contribution in [2.75, 3.05) is 47.0 Å². The molecule has 1 saturated heterocycles. The van der Waals surface area contributed by atoms with E-state index in [2.05, 4.69) is 14.6 Å². The number of anilines is 3. The number of hydrogen-bond donors (Lipinski definition) is 2. The highest BCUT2D eigenvalue weighted by atomic mass is 32.2. The summed E-state index contributed by atoms with van der Waals surface area (Å²) in [6.07, 6.45) is 2.80. The zero-order valence-corrected chi connectivity index (χ0v) is 15.1. The van der Waals surface area contributed by atoms with Gasteiger partial charge >= 0.3 is 5.97 Å². The van der Waals surface area contributed by atoms with Crippen LogP contribution in [0.3, 0.4) is 0 Å². The quantitative estimate of drug-likeness (QED) is 0.815. The van der Waals surface area contributed by atoms with Crippen LogP contribution in [0.15, 0.2) is 42.6 Å². The van der Waals surface area contributed by atoms with E-state index < -0.39 is 16.0 Å². The molecule has 1 aromatic carbocycles. The standard InChI is InChI=1S/C17H20N4O4S/c1-26(24,25)19-14-12-13(17(22)23)5-6-15(14)20-8-10-21(11-9-20)16-4-2-3-7-18-16/h2-7,12,19H,8-11H2,1H3,(H,22,23). The number of nitrogens with one attached hydrogen (secondary N) is 1. The van der Waals surface area contributed by atoms with Crippen LogP contribution in [0.25, 0.3) is 0 Å². The van der Waals surface area contributed by atoms with Gasteiger partial charge in [0.2, 0.25) is 10.0 Å². The minimum Gasteiger partial charge on any atom is -0.478 e. The maximum atomic E-state index is 11.7. The topological polar surface area (TPSA) is 103 Å². The van der Waals surface area contributed by atoms with Gasteiger partial charge in [-0.25, -0.2) is 18.2 Å². The normalized spacial score (nSPS) is 15.0. The lowest BCUT2D eigenvalue weighted by Crippen LogP contribution is -2.47. The molecule has 1 fully saturated rings. The van der Waals surface area contributed by atoms with Crippen molar-refractivity contribution in [3.05, 3.63) is 48.2 Å². The Kier molecular flexibility index (Phi) is 4.99. The molecular formula is C17H20N4O4S. The monoisotopic (exact) mass is 376 g/mol. The van der Waals surface area contributed by atoms with Gasteiger partial charge in [0.15, 0.2) is 0 Å². The number of aromatic carboxylic acids is 1. The van der Waals surface area contributed by atoms with Crippen LogP contribution in [0.4, 0.5) is 17.2 Å². The summed E-state index contributed by atoms with van der Waals surface area (Å²) in [5.74, 6) is -0.198. The minimum absolute atomic E-state index is 0.0343. The first kappa shape index (κ1) is 18.0. The molecular weight excluding hydrogens is 356 g/mol. The van der Waals surface area contributed by atoms with E-state index in [1.54, 1.807) is 12.3 Å². The van der Waals surface area contributed by atoms with Crippen LogP contribution in [-0.4, -0.2) is 56.9 Å². The first-order valence-corrected chi connectivity index (χ1v) is 9.99. The molecule has 0 amide bonds. The predicted molar refractivity (Wildman–Crippen MR) is 101 cm³/mol. The minimum atomic E-state index is -3.52. The third-order valence-electron chi connectivity index (χ3n) is 4.13. The summed E-state index contributed by atoms with van der Waals surface area (Å²) in [5, 5.41) is 9.17. The van der Waals surface area contributed by atoms with Gasteiger partial charge < -0.3 is 14.9 Å². The third-order valence-corrected chi connectivity index (χ3v) is 4.72. The summed E-state index contributed by atoms with van der Waals surface area (Å²) in [5.41, 5.74) is 0.979. The highest BCUT2D eigenvalue weighted by molar-refractivity contribution is 7.92. The van der Waals surface area contributed by atoms with Crippen LogP contribution in [0.1, 0.15) is 10.4 Å². The third kappa shape index (κ3) is 4.23. The van der Waals surface area contributed by atoms with Crippen molar-refractivity contribution in [1.29, 1.82) is 0 Å². The molecule has 2 N–H and O–H groups in total. The summed E-state index contributed by atoms with van der Waals surface area (Å²) in [6, 6.07) is 10.2. The Hall–Kier alpha value is -2.81. The number of carbonyl (C=O) groups is 1. The summed E-state index contributed by atoms with van der Waals surface area (Å²) >= 11 is 0. The molecule has 1 aliphatic rings. The van der Waals surface area contributed by atoms with Gasteiger partial charge in [-0.05, 0) is 30.3 Å². The highest BCUT2D eigenvalue weighted by Crippen LogP contribution is 2.29. The van der Waals surface area contributed by atoms with E-state index in [-0.39, 0.29) is 11.3 Å². The fourth-order valence-electron chi connectivity index (χ4n) is 2.94. The van der Waals surface area contributed by atoms with E-state index >= 15 is 0 Å². The number of sulfonamides is 1. The van der Waals surface area contributed by atoms with Crippen LogP contribution in [0.5, 0.6) is 0 Å². The molecule has 0 radical (unpaired) electrons. The second-order valence-corrected chi connectivity index (χ2v) is 7.82. The molecule has 138 valence electrons. The smallest absolute Gasteiger partial charge is 0.335 e. The molecule has 3 rings (SSSR count). The molecule has 2 heterocycles. The molecule has 2 aromatic rings. The lowest BCUT2D eigenvalue weighted by Gasteiger charge is -2.37. The fourth-order valence-corrected chi connectivity index (χ4v) is 3.51. The van der Waals surface area contributed by atoms with Gasteiger partial charge in [0.25, 0.3) is 0 Å². The van der Waals surface area contributed by atoms with Crippen molar-refractivity contribution in [2.45, 2.75) is 0 Å². The Morgan fingerprint density at radius 3 is 2.38 bits per heavy atom. The Morgan fingerprint density at radius 2 is 1.81 bits per heavy atom.